The molecule has 90 valence electrons. The van der Waals surface area contributed by atoms with Crippen LogP contribution in [0.1, 0.15) is 10.7 Å². The van der Waals surface area contributed by atoms with Gasteiger partial charge in [-0.25, -0.2) is 4.98 Å². The predicted molar refractivity (Wildman–Crippen MR) is 62.5 cm³/mol. The van der Waals surface area contributed by atoms with Crippen molar-refractivity contribution < 1.29 is 13.2 Å². The van der Waals surface area contributed by atoms with Crippen molar-refractivity contribution in [3.05, 3.63) is 32.9 Å². The lowest BCUT2D eigenvalue weighted by Crippen LogP contribution is -2.11. The Bertz CT molecular complexity index is 598. The van der Waals surface area contributed by atoms with E-state index in [1.54, 1.807) is 11.4 Å². The van der Waals surface area contributed by atoms with E-state index >= 15 is 0 Å². The molecule has 2 heterocycles. The Morgan fingerprint density at radius 3 is 2.59 bits per heavy atom. The first-order valence-electron chi connectivity index (χ1n) is 4.60. The molecule has 1 N–H and O–H groups in total. The van der Waals surface area contributed by atoms with Crippen LogP contribution in [0.2, 0.25) is 0 Å². The van der Waals surface area contributed by atoms with Gasteiger partial charge >= 0.3 is 6.18 Å². The van der Waals surface area contributed by atoms with Gasteiger partial charge in [0, 0.05) is 15.8 Å². The van der Waals surface area contributed by atoms with Crippen LogP contribution >= 0.6 is 23.6 Å². The minimum Gasteiger partial charge on any atom is -0.335 e. The molecule has 0 atom stereocenters. The number of aromatic amines is 1. The molecule has 0 amide bonds. The van der Waals surface area contributed by atoms with Gasteiger partial charge in [-0.3, -0.25) is 0 Å². The van der Waals surface area contributed by atoms with E-state index in [4.69, 9.17) is 12.2 Å². The molecular weight excluding hydrogens is 269 g/mol. The number of hydrogen-bond donors (Lipinski definition) is 1. The molecule has 0 bridgehead atoms. The number of alkyl halides is 3. The fourth-order valence-corrected chi connectivity index (χ4v) is 2.24. The van der Waals surface area contributed by atoms with Crippen LogP contribution in [0.5, 0.6) is 0 Å². The van der Waals surface area contributed by atoms with Gasteiger partial charge in [0.15, 0.2) is 0 Å². The minimum absolute atomic E-state index is 0.0741. The largest absolute Gasteiger partial charge is 0.449 e. The summed E-state index contributed by atoms with van der Waals surface area (Å²) in [5.74, 6) is -1.07. The third kappa shape index (κ3) is 2.73. The van der Waals surface area contributed by atoms with E-state index < -0.39 is 12.0 Å². The van der Waals surface area contributed by atoms with Gasteiger partial charge in [-0.1, -0.05) is 12.2 Å². The molecule has 0 radical (unpaired) electrons. The first kappa shape index (κ1) is 12.3. The van der Waals surface area contributed by atoms with Crippen molar-refractivity contribution in [2.75, 3.05) is 0 Å². The van der Waals surface area contributed by atoms with Gasteiger partial charge in [-0.2, -0.15) is 13.2 Å². The fourth-order valence-electron chi connectivity index (χ4n) is 1.33. The van der Waals surface area contributed by atoms with Crippen molar-refractivity contribution in [1.82, 2.24) is 9.97 Å². The highest BCUT2D eigenvalue weighted by Crippen LogP contribution is 2.29. The van der Waals surface area contributed by atoms with Crippen molar-refractivity contribution in [2.24, 2.45) is 0 Å². The van der Waals surface area contributed by atoms with Gasteiger partial charge in [0.25, 0.3) is 0 Å². The van der Waals surface area contributed by atoms with Gasteiger partial charge in [-0.15, -0.1) is 11.3 Å². The number of aromatic nitrogens is 2. The summed E-state index contributed by atoms with van der Waals surface area (Å²) in [6, 6.07) is 3.22. The average Bonchev–Trinajstić information content (AvgIpc) is 2.62. The maximum Gasteiger partial charge on any atom is 0.449 e. The van der Waals surface area contributed by atoms with E-state index in [0.717, 1.165) is 4.88 Å². The molecule has 0 aliphatic rings. The Kier molecular flexibility index (Phi) is 3.05. The molecule has 0 unspecified atom stereocenters. The number of hydrogen-bond acceptors (Lipinski definition) is 3. The van der Waals surface area contributed by atoms with Crippen molar-refractivity contribution in [2.45, 2.75) is 13.1 Å². The number of H-pyrrole nitrogens is 1. The summed E-state index contributed by atoms with van der Waals surface area (Å²) in [4.78, 5) is 6.55. The van der Waals surface area contributed by atoms with Gasteiger partial charge in [0.1, 0.15) is 4.64 Å². The first-order chi connectivity index (χ1) is 7.86. The molecule has 0 fully saturated rings. The summed E-state index contributed by atoms with van der Waals surface area (Å²) in [5.41, 5.74) is 1.02. The minimum atomic E-state index is -4.52. The second-order valence-corrected chi connectivity index (χ2v) is 4.96. The topological polar surface area (TPSA) is 28.7 Å². The Morgan fingerprint density at radius 1 is 1.35 bits per heavy atom. The smallest absolute Gasteiger partial charge is 0.335 e. The number of nitrogens with zero attached hydrogens (tertiary/aromatic N) is 1. The van der Waals surface area contributed by atoms with Crippen LogP contribution in [0, 0.1) is 11.6 Å². The monoisotopic (exact) mass is 276 g/mol. The van der Waals surface area contributed by atoms with Crippen LogP contribution in [0.4, 0.5) is 13.2 Å². The van der Waals surface area contributed by atoms with Gasteiger partial charge in [0.2, 0.25) is 5.82 Å². The molecular formula is C10H7F3N2S2. The number of nitrogens with one attached hydrogen (secondary N) is 1. The maximum atomic E-state index is 12.5. The van der Waals surface area contributed by atoms with Crippen molar-refractivity contribution in [3.63, 3.8) is 0 Å². The molecule has 2 aromatic rings. The summed E-state index contributed by atoms with van der Waals surface area (Å²) < 4.78 is 37.5. The molecule has 0 aliphatic carbocycles. The van der Waals surface area contributed by atoms with Gasteiger partial charge in [-0.05, 0) is 19.1 Å². The van der Waals surface area contributed by atoms with Crippen molar-refractivity contribution in [3.8, 4) is 11.3 Å². The van der Waals surface area contributed by atoms with Crippen molar-refractivity contribution >= 4 is 23.6 Å². The zero-order valence-corrected chi connectivity index (χ0v) is 10.3. The third-order valence-corrected chi connectivity index (χ3v) is 3.12. The van der Waals surface area contributed by atoms with Crippen molar-refractivity contribution in [1.29, 1.82) is 0 Å². The van der Waals surface area contributed by atoms with Gasteiger partial charge in [0.05, 0.1) is 5.69 Å². The van der Waals surface area contributed by atoms with Crippen LogP contribution in [0.15, 0.2) is 17.5 Å². The molecule has 0 spiro atoms. The zero-order valence-electron chi connectivity index (χ0n) is 8.63. The quantitative estimate of drug-likeness (QED) is 0.791. The second-order valence-electron chi connectivity index (χ2n) is 3.43. The zero-order chi connectivity index (χ0) is 12.6. The summed E-state index contributed by atoms with van der Waals surface area (Å²) in [5, 5.41) is 1.77. The number of thiophene rings is 1. The Hall–Kier alpha value is -1.21. The predicted octanol–water partition coefficient (Wildman–Crippen LogP) is 4.19. The van der Waals surface area contributed by atoms with E-state index in [1.165, 1.54) is 17.4 Å². The average molecular weight is 276 g/mol. The number of rotatable bonds is 1. The molecule has 0 aromatic carbocycles. The molecule has 17 heavy (non-hydrogen) atoms. The van der Waals surface area contributed by atoms with E-state index in [9.17, 15) is 13.2 Å². The summed E-state index contributed by atoms with van der Waals surface area (Å²) in [6.45, 7) is 1.88. The van der Waals surface area contributed by atoms with Gasteiger partial charge < -0.3 is 4.98 Å². The molecule has 0 aliphatic heterocycles. The summed E-state index contributed by atoms with van der Waals surface area (Å²) >= 11 is 6.20. The highest BCUT2D eigenvalue weighted by atomic mass is 32.1. The first-order valence-corrected chi connectivity index (χ1v) is 5.89. The third-order valence-electron chi connectivity index (χ3n) is 2.05. The second kappa shape index (κ2) is 4.23. The van der Waals surface area contributed by atoms with E-state index in [0.29, 0.717) is 11.3 Å². The highest BCUT2D eigenvalue weighted by Gasteiger charge is 2.34. The standard InChI is InChI=1S/C10H7F3N2S2/c1-5-2-6(4-17-5)7-3-8(16)15-9(14-7)10(11,12)13/h2-4H,1H3,(H,14,15,16). The lowest BCUT2D eigenvalue weighted by atomic mass is 10.2. The van der Waals surface area contributed by atoms with E-state index in [2.05, 4.69) is 9.97 Å². The number of halogens is 3. The molecule has 0 saturated carbocycles. The molecule has 0 saturated heterocycles. The Labute approximate surface area is 104 Å². The molecule has 2 rings (SSSR count). The van der Waals surface area contributed by atoms with Crippen LogP contribution in [0.3, 0.4) is 0 Å². The summed E-state index contributed by atoms with van der Waals surface area (Å²) in [6.07, 6.45) is -4.52. The Morgan fingerprint density at radius 2 is 2.06 bits per heavy atom. The fraction of sp³-hybridized carbons (Fsp3) is 0.200. The lowest BCUT2D eigenvalue weighted by molar-refractivity contribution is -0.144. The highest BCUT2D eigenvalue weighted by molar-refractivity contribution is 7.71. The Balaban J connectivity index is 2.57. The molecule has 2 nitrogen and oxygen atoms in total. The van der Waals surface area contributed by atoms with Crippen LogP contribution in [-0.4, -0.2) is 9.97 Å². The van der Waals surface area contributed by atoms with Crippen LogP contribution < -0.4 is 0 Å². The van der Waals surface area contributed by atoms with E-state index in [1.807, 2.05) is 6.92 Å². The number of aryl methyl sites for hydroxylation is 1. The van der Waals surface area contributed by atoms with E-state index in [-0.39, 0.29) is 4.64 Å². The SMILES string of the molecule is Cc1cc(-c2cc(=S)nc(C(F)(F)F)[nH]2)cs1. The molecule has 2 aromatic heterocycles. The van der Waals surface area contributed by atoms with Crippen LogP contribution in [-0.2, 0) is 6.18 Å². The lowest BCUT2D eigenvalue weighted by Gasteiger charge is -2.07. The normalized spacial score (nSPS) is 11.8. The summed E-state index contributed by atoms with van der Waals surface area (Å²) in [7, 11) is 0. The molecule has 7 heteroatoms. The maximum absolute atomic E-state index is 12.5. The van der Waals surface area contributed by atoms with Crippen LogP contribution in [0.25, 0.3) is 11.3 Å².